The van der Waals surface area contributed by atoms with Crippen molar-refractivity contribution in [3.63, 3.8) is 0 Å². The van der Waals surface area contributed by atoms with Gasteiger partial charge in [-0.25, -0.2) is 0 Å². The molecule has 0 saturated carbocycles. The highest BCUT2D eigenvalue weighted by Crippen LogP contribution is 2.14. The second-order valence-corrected chi connectivity index (χ2v) is 1.96. The zero-order valence-corrected chi connectivity index (χ0v) is 6.16. The summed E-state index contributed by atoms with van der Waals surface area (Å²) in [5, 5.41) is 0. The Bertz CT molecular complexity index is 198. The molecule has 9 heavy (non-hydrogen) atoms. The Labute approximate surface area is 63.4 Å². The Balaban J connectivity index is 3.01. The molecule has 0 aliphatic carbocycles. The molecule has 0 saturated heterocycles. The van der Waals surface area contributed by atoms with Crippen LogP contribution in [0.15, 0.2) is 24.3 Å². The van der Waals surface area contributed by atoms with Crippen LogP contribution in [0.25, 0.3) is 0 Å². The van der Waals surface area contributed by atoms with E-state index in [9.17, 15) is 0 Å². The zero-order chi connectivity index (χ0) is 6.69. The van der Waals surface area contributed by atoms with Gasteiger partial charge in [0.05, 0.1) is 0 Å². The summed E-state index contributed by atoms with van der Waals surface area (Å²) < 4.78 is 4.90. The molecule has 2 heteroatoms. The van der Waals surface area contributed by atoms with Gasteiger partial charge < -0.3 is 3.79 Å². The van der Waals surface area contributed by atoms with Crippen molar-refractivity contribution in [3.05, 3.63) is 36.8 Å². The second-order valence-electron chi connectivity index (χ2n) is 1.73. The van der Waals surface area contributed by atoms with Crippen molar-refractivity contribution in [2.45, 2.75) is 0 Å². The number of rotatable bonds is 1. The van der Waals surface area contributed by atoms with Gasteiger partial charge >= 0.3 is 16.6 Å². The number of benzene rings is 1. The number of hydrogen-bond acceptors (Lipinski definition) is 1. The minimum absolute atomic E-state index is 0.808. The van der Waals surface area contributed by atoms with Crippen molar-refractivity contribution in [2.24, 2.45) is 0 Å². The summed E-state index contributed by atoms with van der Waals surface area (Å²) in [5.74, 6) is 0.808. The number of hydrogen-bond donors (Lipinski definition) is 0. The standard InChI is InChI=1S/C7H6O.Al/c1-6-4-2-3-5-7(6)8;/h2-5H,1H2;/q;+1. The predicted molar refractivity (Wildman–Crippen MR) is 37.3 cm³/mol. The normalized spacial score (nSPS) is 8.89. The van der Waals surface area contributed by atoms with Gasteiger partial charge in [-0.3, -0.25) is 0 Å². The Hall–Kier alpha value is -0.578. The van der Waals surface area contributed by atoms with Crippen molar-refractivity contribution in [3.8, 4) is 5.75 Å². The van der Waals surface area contributed by atoms with E-state index in [2.05, 4.69) is 23.5 Å². The van der Waals surface area contributed by atoms with Crippen LogP contribution in [-0.2, 0) is 0 Å². The average molecular weight is 133 g/mol. The van der Waals surface area contributed by atoms with Gasteiger partial charge in [0.25, 0.3) is 0 Å². The van der Waals surface area contributed by atoms with E-state index in [0.29, 0.717) is 0 Å². The van der Waals surface area contributed by atoms with Crippen molar-refractivity contribution in [2.75, 3.05) is 0 Å². The van der Waals surface area contributed by atoms with Gasteiger partial charge in [-0.05, 0) is 12.1 Å². The largest absolute Gasteiger partial charge is 0.596 e. The van der Waals surface area contributed by atoms with Gasteiger partial charge in [-0.15, -0.1) is 0 Å². The molecule has 0 aromatic heterocycles. The lowest BCUT2D eigenvalue weighted by Crippen LogP contribution is -1.86. The third-order valence-electron chi connectivity index (χ3n) is 1.10. The van der Waals surface area contributed by atoms with Crippen LogP contribution < -0.4 is 3.79 Å². The molecule has 0 atom stereocenters. The third kappa shape index (κ3) is 1.41. The molecule has 1 nitrogen and oxygen atoms in total. The summed E-state index contributed by atoms with van der Waals surface area (Å²) in [4.78, 5) is 0. The molecule has 0 aliphatic rings. The first kappa shape index (κ1) is 6.54. The molecule has 42 valence electrons. The molecule has 0 amide bonds. The molecule has 1 aromatic rings. The lowest BCUT2D eigenvalue weighted by molar-refractivity contribution is 0.613. The smallest absolute Gasteiger partial charge is 0.507 e. The first-order chi connectivity index (χ1) is 4.34. The molecule has 1 rings (SSSR count). The van der Waals surface area contributed by atoms with E-state index < -0.39 is 0 Å². The molecule has 0 unspecified atom stereocenters. The molecule has 0 spiro atoms. The van der Waals surface area contributed by atoms with Crippen LogP contribution in [-0.4, -0.2) is 16.6 Å². The molecule has 1 aromatic carbocycles. The SMILES string of the molecule is [CH2+]c1ccccc1[O][Al]. The van der Waals surface area contributed by atoms with E-state index in [1.807, 2.05) is 24.3 Å². The van der Waals surface area contributed by atoms with E-state index in [0.717, 1.165) is 11.3 Å². The average Bonchev–Trinajstić information content (AvgIpc) is 1.89. The summed E-state index contributed by atoms with van der Waals surface area (Å²) in [6.07, 6.45) is 0. The highest BCUT2D eigenvalue weighted by atomic mass is 27.1. The second kappa shape index (κ2) is 2.82. The molecule has 0 aliphatic heterocycles. The lowest BCUT2D eigenvalue weighted by Gasteiger charge is -1.94. The van der Waals surface area contributed by atoms with Crippen LogP contribution in [0, 0.1) is 6.92 Å². The quantitative estimate of drug-likeness (QED) is 0.415. The van der Waals surface area contributed by atoms with Gasteiger partial charge in [-0.1, -0.05) is 0 Å². The van der Waals surface area contributed by atoms with Gasteiger partial charge in [0.1, 0.15) is 0 Å². The summed E-state index contributed by atoms with van der Waals surface area (Å²) in [6, 6.07) is 7.61. The monoisotopic (exact) mass is 133 g/mol. The van der Waals surface area contributed by atoms with Crippen molar-refractivity contribution in [1.29, 1.82) is 0 Å². The minimum atomic E-state index is 0.808. The highest BCUT2D eigenvalue weighted by Gasteiger charge is 1.99. The Morgan fingerprint density at radius 3 is 2.44 bits per heavy atom. The van der Waals surface area contributed by atoms with Gasteiger partial charge in [0.2, 0.25) is 0 Å². The van der Waals surface area contributed by atoms with Crippen molar-refractivity contribution < 1.29 is 3.79 Å². The van der Waals surface area contributed by atoms with E-state index in [-0.39, 0.29) is 0 Å². The summed E-state index contributed by atoms with van der Waals surface area (Å²) in [7, 11) is 0. The van der Waals surface area contributed by atoms with Gasteiger partial charge in [-0.2, -0.15) is 0 Å². The first-order valence-electron chi connectivity index (χ1n) is 2.62. The van der Waals surface area contributed by atoms with Crippen LogP contribution in [0.4, 0.5) is 0 Å². The fourth-order valence-electron chi connectivity index (χ4n) is 0.619. The fraction of sp³-hybridized carbons (Fsp3) is 0. The van der Waals surface area contributed by atoms with Crippen LogP contribution in [0.5, 0.6) is 5.75 Å². The zero-order valence-electron chi connectivity index (χ0n) is 5.00. The molecule has 0 fully saturated rings. The third-order valence-corrected chi connectivity index (χ3v) is 1.35. The molecular formula is C7H6AlO+. The number of para-hydroxylation sites is 1. The Kier molecular flexibility index (Phi) is 2.05. The van der Waals surface area contributed by atoms with Gasteiger partial charge in [0, 0.05) is 19.1 Å². The van der Waals surface area contributed by atoms with Crippen molar-refractivity contribution in [1.82, 2.24) is 0 Å². The Morgan fingerprint density at radius 2 is 2.00 bits per heavy atom. The lowest BCUT2D eigenvalue weighted by atomic mass is 10.2. The predicted octanol–water partition coefficient (Wildman–Crippen LogP) is 1.33. The maximum Gasteiger partial charge on any atom is 0.507 e. The Morgan fingerprint density at radius 1 is 1.33 bits per heavy atom. The molecular weight excluding hydrogens is 127 g/mol. The van der Waals surface area contributed by atoms with E-state index in [1.165, 1.54) is 0 Å². The van der Waals surface area contributed by atoms with Gasteiger partial charge in [0.15, 0.2) is 11.3 Å². The van der Waals surface area contributed by atoms with E-state index in [4.69, 9.17) is 3.79 Å². The van der Waals surface area contributed by atoms with Crippen molar-refractivity contribution >= 4 is 16.6 Å². The van der Waals surface area contributed by atoms with E-state index >= 15 is 0 Å². The summed E-state index contributed by atoms with van der Waals surface area (Å²) >= 11 is 2.19. The maximum absolute atomic E-state index is 4.90. The maximum atomic E-state index is 4.90. The molecule has 0 bridgehead atoms. The summed E-state index contributed by atoms with van der Waals surface area (Å²) in [5.41, 5.74) is 0.910. The fourth-order valence-corrected chi connectivity index (χ4v) is 0.849. The van der Waals surface area contributed by atoms with Crippen LogP contribution in [0.3, 0.4) is 0 Å². The van der Waals surface area contributed by atoms with Crippen LogP contribution in [0.1, 0.15) is 5.56 Å². The summed E-state index contributed by atoms with van der Waals surface area (Å²) in [6.45, 7) is 3.75. The van der Waals surface area contributed by atoms with Crippen LogP contribution in [0.2, 0.25) is 0 Å². The molecule has 2 radical (unpaired) electrons. The van der Waals surface area contributed by atoms with E-state index in [1.54, 1.807) is 0 Å². The first-order valence-corrected chi connectivity index (χ1v) is 3.09. The molecule has 0 heterocycles. The topological polar surface area (TPSA) is 9.23 Å². The molecule has 0 N–H and O–H groups in total. The highest BCUT2D eigenvalue weighted by molar-refractivity contribution is 6.00. The minimum Gasteiger partial charge on any atom is -0.596 e. The van der Waals surface area contributed by atoms with Crippen LogP contribution >= 0.6 is 0 Å².